The molecule has 0 amide bonds. The Hall–Kier alpha value is 0.0900. The summed E-state index contributed by atoms with van der Waals surface area (Å²) in [6, 6.07) is 0. The van der Waals surface area contributed by atoms with Gasteiger partial charge in [0.1, 0.15) is 0 Å². The van der Waals surface area contributed by atoms with Crippen molar-refractivity contribution in [1.29, 1.82) is 0 Å². The van der Waals surface area contributed by atoms with Gasteiger partial charge in [-0.25, -0.2) is 0 Å². The van der Waals surface area contributed by atoms with Crippen LogP contribution in [0.2, 0.25) is 0 Å². The van der Waals surface area contributed by atoms with Gasteiger partial charge in [0.25, 0.3) is 0 Å². The molecular weight excluding hydrogens is 356 g/mol. The quantitative estimate of drug-likeness (QED) is 0.347. The lowest BCUT2D eigenvalue weighted by atomic mass is 9.47. The van der Waals surface area contributed by atoms with Crippen molar-refractivity contribution in [2.75, 3.05) is 0 Å². The molecule has 0 aromatic heterocycles. The van der Waals surface area contributed by atoms with E-state index in [2.05, 4.69) is 40.7 Å². The molecule has 8 atom stereocenters. The fourth-order valence-electron chi connectivity index (χ4n) is 8.67. The van der Waals surface area contributed by atoms with Gasteiger partial charge in [0, 0.05) is 5.25 Å². The van der Waals surface area contributed by atoms with E-state index in [-0.39, 0.29) is 0 Å². The van der Waals surface area contributed by atoms with Gasteiger partial charge in [0.2, 0.25) is 0 Å². The van der Waals surface area contributed by atoms with Gasteiger partial charge in [0.15, 0.2) is 0 Å². The molecule has 160 valence electrons. The minimum atomic E-state index is 0.504. The summed E-state index contributed by atoms with van der Waals surface area (Å²) in [7, 11) is 0. The van der Waals surface area contributed by atoms with E-state index in [1.54, 1.807) is 5.57 Å². The topological polar surface area (TPSA) is 0 Å². The summed E-state index contributed by atoms with van der Waals surface area (Å²) in [6.07, 6.45) is 18.4. The lowest BCUT2D eigenvalue weighted by Gasteiger charge is -2.58. The summed E-state index contributed by atoms with van der Waals surface area (Å²) in [5.74, 6) is 5.70. The predicted molar refractivity (Wildman–Crippen MR) is 126 cm³/mol. The Morgan fingerprint density at radius 2 is 1.79 bits per heavy atom. The normalized spacial score (nSPS) is 46.5. The van der Waals surface area contributed by atoms with E-state index in [4.69, 9.17) is 12.6 Å². The van der Waals surface area contributed by atoms with Crippen molar-refractivity contribution in [2.24, 2.45) is 46.3 Å². The van der Waals surface area contributed by atoms with Crippen LogP contribution < -0.4 is 0 Å². The van der Waals surface area contributed by atoms with E-state index in [0.29, 0.717) is 16.1 Å². The fraction of sp³-hybridized carbons (Fsp3) is 0.926. The molecule has 0 nitrogen and oxygen atoms in total. The first-order valence-corrected chi connectivity index (χ1v) is 13.1. The van der Waals surface area contributed by atoms with Gasteiger partial charge in [0.05, 0.1) is 0 Å². The van der Waals surface area contributed by atoms with E-state index >= 15 is 0 Å². The first-order chi connectivity index (χ1) is 13.3. The number of allylic oxidation sites excluding steroid dienone is 2. The number of hydrogen-bond acceptors (Lipinski definition) is 1. The second kappa shape index (κ2) is 7.97. The number of fused-ring (bicyclic) bond motifs is 5. The molecule has 0 heterocycles. The zero-order valence-corrected chi connectivity index (χ0v) is 20.2. The maximum Gasteiger partial charge on any atom is 0.00545 e. The van der Waals surface area contributed by atoms with Crippen molar-refractivity contribution < 1.29 is 0 Å². The highest BCUT2D eigenvalue weighted by Gasteiger charge is 2.58. The third-order valence-corrected chi connectivity index (χ3v) is 10.7. The summed E-state index contributed by atoms with van der Waals surface area (Å²) in [5, 5.41) is 0.618. The minimum Gasteiger partial charge on any atom is -0.176 e. The van der Waals surface area contributed by atoms with Crippen molar-refractivity contribution in [2.45, 2.75) is 110 Å². The molecule has 0 bridgehead atoms. The largest absolute Gasteiger partial charge is 0.176 e. The standard InChI is InChI=1S/C27H46S/c1-18(2)7-6-8-19(3)23-11-12-24-22-10-9-20-17-21(28)13-15-26(20,4)25(22)14-16-27(23,24)5/h9,18-19,21-25,28H,6-8,10-17H2,1-5H3/t19-,21-,22+,23+,24-,25+,26-,27+/m0/s1. The molecule has 0 saturated heterocycles. The van der Waals surface area contributed by atoms with Crippen LogP contribution in [-0.4, -0.2) is 5.25 Å². The van der Waals surface area contributed by atoms with Crippen LogP contribution in [0.1, 0.15) is 105 Å². The first kappa shape index (κ1) is 21.3. The Bertz CT molecular complexity index is 591. The highest BCUT2D eigenvalue weighted by Crippen LogP contribution is 2.67. The van der Waals surface area contributed by atoms with E-state index in [1.165, 1.54) is 70.6 Å². The molecule has 28 heavy (non-hydrogen) atoms. The molecule has 0 aliphatic heterocycles. The SMILES string of the molecule is CC(C)CCC[C@H](C)[C@H]1CC[C@H]2[C@H]3CC=C4C[C@@H](S)CC[C@]4(C)[C@@H]3CC[C@]12C. The Kier molecular flexibility index (Phi) is 6.07. The van der Waals surface area contributed by atoms with Crippen molar-refractivity contribution >= 4 is 12.6 Å². The van der Waals surface area contributed by atoms with Crippen LogP contribution in [0, 0.1) is 46.3 Å². The molecule has 3 saturated carbocycles. The Labute approximate surface area is 181 Å². The third-order valence-electron chi connectivity index (χ3n) is 10.3. The average molecular weight is 403 g/mol. The maximum atomic E-state index is 4.84. The van der Waals surface area contributed by atoms with Crippen LogP contribution in [-0.2, 0) is 0 Å². The second-order valence-electron chi connectivity index (χ2n) is 12.2. The zero-order chi connectivity index (χ0) is 20.1. The lowest BCUT2D eigenvalue weighted by Crippen LogP contribution is -2.50. The highest BCUT2D eigenvalue weighted by molar-refractivity contribution is 7.80. The van der Waals surface area contributed by atoms with Crippen LogP contribution in [0.3, 0.4) is 0 Å². The van der Waals surface area contributed by atoms with Gasteiger partial charge in [-0.05, 0) is 97.7 Å². The second-order valence-corrected chi connectivity index (χ2v) is 12.9. The Morgan fingerprint density at radius 3 is 2.54 bits per heavy atom. The Morgan fingerprint density at radius 1 is 1.00 bits per heavy atom. The molecule has 3 fully saturated rings. The van der Waals surface area contributed by atoms with E-state index in [9.17, 15) is 0 Å². The predicted octanol–water partition coefficient (Wildman–Crippen LogP) is 8.33. The minimum absolute atomic E-state index is 0.504. The molecule has 0 unspecified atom stereocenters. The summed E-state index contributed by atoms with van der Waals surface area (Å²) < 4.78 is 0. The van der Waals surface area contributed by atoms with Crippen molar-refractivity contribution in [3.05, 3.63) is 11.6 Å². The van der Waals surface area contributed by atoms with E-state index in [0.717, 1.165) is 35.5 Å². The van der Waals surface area contributed by atoms with Gasteiger partial charge < -0.3 is 0 Å². The molecule has 4 aliphatic rings. The van der Waals surface area contributed by atoms with Crippen molar-refractivity contribution in [3.8, 4) is 0 Å². The van der Waals surface area contributed by atoms with Crippen LogP contribution in [0.25, 0.3) is 0 Å². The summed E-state index contributed by atoms with van der Waals surface area (Å²) in [4.78, 5) is 0. The molecule has 1 heteroatoms. The average Bonchev–Trinajstić information content (AvgIpc) is 2.99. The van der Waals surface area contributed by atoms with Gasteiger partial charge >= 0.3 is 0 Å². The van der Waals surface area contributed by atoms with Crippen LogP contribution in [0.5, 0.6) is 0 Å². The van der Waals surface area contributed by atoms with Crippen molar-refractivity contribution in [1.82, 2.24) is 0 Å². The molecule has 0 aromatic rings. The molecule has 0 spiro atoms. The molecule has 0 radical (unpaired) electrons. The smallest absolute Gasteiger partial charge is 0.00545 e. The van der Waals surface area contributed by atoms with Gasteiger partial charge in [-0.15, -0.1) is 0 Å². The Balaban J connectivity index is 1.49. The van der Waals surface area contributed by atoms with E-state index in [1.807, 2.05) is 0 Å². The number of thiol groups is 1. The number of hydrogen-bond donors (Lipinski definition) is 1. The van der Waals surface area contributed by atoms with E-state index < -0.39 is 0 Å². The fourth-order valence-corrected chi connectivity index (χ4v) is 8.99. The van der Waals surface area contributed by atoms with Gasteiger partial charge in [-0.3, -0.25) is 0 Å². The third kappa shape index (κ3) is 3.54. The van der Waals surface area contributed by atoms with Gasteiger partial charge in [-0.2, -0.15) is 12.6 Å². The summed E-state index contributed by atoms with van der Waals surface area (Å²) >= 11 is 4.84. The van der Waals surface area contributed by atoms with Gasteiger partial charge in [-0.1, -0.05) is 65.5 Å². The molecule has 0 aromatic carbocycles. The van der Waals surface area contributed by atoms with Crippen LogP contribution in [0.4, 0.5) is 0 Å². The number of rotatable bonds is 5. The molecule has 4 aliphatic carbocycles. The highest BCUT2D eigenvalue weighted by atomic mass is 32.1. The maximum absolute atomic E-state index is 4.84. The monoisotopic (exact) mass is 402 g/mol. The van der Waals surface area contributed by atoms with Crippen LogP contribution in [0.15, 0.2) is 11.6 Å². The summed E-state index contributed by atoms with van der Waals surface area (Å²) in [6.45, 7) is 12.7. The van der Waals surface area contributed by atoms with Crippen molar-refractivity contribution in [3.63, 3.8) is 0 Å². The first-order valence-electron chi connectivity index (χ1n) is 12.6. The lowest BCUT2D eigenvalue weighted by molar-refractivity contribution is -0.0497. The van der Waals surface area contributed by atoms with Crippen LogP contribution >= 0.6 is 12.6 Å². The summed E-state index contributed by atoms with van der Waals surface area (Å²) in [5.41, 5.74) is 2.92. The molecule has 4 rings (SSSR count). The zero-order valence-electron chi connectivity index (χ0n) is 19.3. The molecule has 0 N–H and O–H groups in total. The molecular formula is C27H46S.